The third kappa shape index (κ3) is 9.28. The van der Waals surface area contributed by atoms with Gasteiger partial charge in [-0.2, -0.15) is 0 Å². The first kappa shape index (κ1) is 42.0. The van der Waals surface area contributed by atoms with E-state index < -0.39 is 77.8 Å². The fraction of sp³-hybridized carbons (Fsp3) is 0.415. The summed E-state index contributed by atoms with van der Waals surface area (Å²) in [4.78, 5) is 88.0. The largest absolute Gasteiger partial charge is 0.497 e. The van der Waals surface area contributed by atoms with Crippen molar-refractivity contribution in [1.82, 2.24) is 30.7 Å². The van der Waals surface area contributed by atoms with Crippen molar-refractivity contribution in [1.29, 1.82) is 0 Å². The molecule has 304 valence electrons. The first-order chi connectivity index (χ1) is 27.0. The Balaban J connectivity index is 1.60. The summed E-state index contributed by atoms with van der Waals surface area (Å²) in [7, 11) is 7.14. The highest BCUT2D eigenvalue weighted by Gasteiger charge is 2.42. The lowest BCUT2D eigenvalue weighted by molar-refractivity contribution is -0.152. The molecule has 16 heteroatoms. The first-order valence-electron chi connectivity index (χ1n) is 18.5. The molecule has 3 heterocycles. The molecule has 6 amide bonds. The van der Waals surface area contributed by atoms with E-state index >= 15 is 0 Å². The van der Waals surface area contributed by atoms with Crippen LogP contribution < -0.4 is 30.2 Å². The van der Waals surface area contributed by atoms with E-state index in [0.717, 1.165) is 4.90 Å². The lowest BCUT2D eigenvalue weighted by Gasteiger charge is -2.38. The Morgan fingerprint density at radius 2 is 1.28 bits per heavy atom. The standard InChI is InChI=1S/C41H50N6O10/c1-22-36(49)43-23(2)39(52)45(4)30(19-25-9-14-28(55-7)15-10-25)37(50)44-24(3)40(53)46(5)31-20-26-11-16-29(17-12-26)57-33-21-27(13-18-32(33)56-8)35(48)34(38(51)42-22)47(6)41(31)54/h9-18,21-24,30-31,34-35,48H,19-20H2,1-8H3,(H,42,51)(H,43,49)(H,44,50). The van der Waals surface area contributed by atoms with Gasteiger partial charge in [-0.25, -0.2) is 0 Å². The van der Waals surface area contributed by atoms with Crippen LogP contribution in [0.25, 0.3) is 0 Å². The van der Waals surface area contributed by atoms with Gasteiger partial charge in [-0.1, -0.05) is 30.3 Å². The van der Waals surface area contributed by atoms with Crippen LogP contribution in [-0.4, -0.2) is 127 Å². The number of amides is 6. The third-order valence-electron chi connectivity index (χ3n) is 10.5. The van der Waals surface area contributed by atoms with Crippen molar-refractivity contribution in [2.45, 2.75) is 76.0 Å². The number of aliphatic hydroxyl groups excluding tert-OH is 1. The molecule has 0 saturated carbocycles. The zero-order valence-electron chi connectivity index (χ0n) is 33.3. The highest BCUT2D eigenvalue weighted by atomic mass is 16.5. The molecule has 7 unspecified atom stereocenters. The molecule has 3 aromatic carbocycles. The minimum Gasteiger partial charge on any atom is -0.497 e. The van der Waals surface area contributed by atoms with Gasteiger partial charge in [0.1, 0.15) is 53.9 Å². The van der Waals surface area contributed by atoms with Gasteiger partial charge in [0.2, 0.25) is 35.4 Å². The van der Waals surface area contributed by atoms with Crippen molar-refractivity contribution < 1.29 is 48.1 Å². The molecule has 0 spiro atoms. The molecule has 0 radical (unpaired) electrons. The van der Waals surface area contributed by atoms with Crippen molar-refractivity contribution in [3.05, 3.63) is 83.4 Å². The molecular formula is C41H50N6O10. The summed E-state index contributed by atoms with van der Waals surface area (Å²) in [5.74, 6) is -2.65. The molecule has 6 rings (SSSR count). The molecular weight excluding hydrogens is 736 g/mol. The number of ether oxygens (including phenoxy) is 3. The van der Waals surface area contributed by atoms with Crippen molar-refractivity contribution >= 4 is 35.4 Å². The van der Waals surface area contributed by atoms with Crippen molar-refractivity contribution in [2.75, 3.05) is 35.4 Å². The van der Waals surface area contributed by atoms with E-state index in [1.165, 1.54) is 78.1 Å². The van der Waals surface area contributed by atoms with Crippen LogP contribution in [0.4, 0.5) is 0 Å². The van der Waals surface area contributed by atoms with E-state index in [-0.39, 0.29) is 24.2 Å². The Kier molecular flexibility index (Phi) is 13.1. The highest BCUT2D eigenvalue weighted by molar-refractivity contribution is 5.98. The van der Waals surface area contributed by atoms with Gasteiger partial charge < -0.3 is 50.0 Å². The van der Waals surface area contributed by atoms with Gasteiger partial charge in [-0.3, -0.25) is 28.8 Å². The van der Waals surface area contributed by atoms with Crippen LogP contribution in [0.3, 0.4) is 0 Å². The quantitative estimate of drug-likeness (QED) is 0.300. The maximum absolute atomic E-state index is 14.7. The fourth-order valence-electron chi connectivity index (χ4n) is 6.92. The van der Waals surface area contributed by atoms with Gasteiger partial charge in [0.05, 0.1) is 14.2 Å². The number of carbonyl (C=O) groups excluding carboxylic acids is 6. The molecule has 57 heavy (non-hydrogen) atoms. The summed E-state index contributed by atoms with van der Waals surface area (Å²) in [6.45, 7) is 4.30. The SMILES string of the molecule is COc1ccc(CC2C(=O)NC(C)C(=O)N(C)C3Cc4ccc(cc4)Oc4cc(ccc4OC)C(O)C(C(=O)NC(C)C(=O)NC(C)C(=O)N2C)N(C)C3=O)cc1. The Morgan fingerprint density at radius 3 is 1.89 bits per heavy atom. The van der Waals surface area contributed by atoms with Gasteiger partial charge in [0.15, 0.2) is 11.5 Å². The smallest absolute Gasteiger partial charge is 0.246 e. The van der Waals surface area contributed by atoms with Crippen LogP contribution in [0.5, 0.6) is 23.0 Å². The van der Waals surface area contributed by atoms with Gasteiger partial charge in [0.25, 0.3) is 0 Å². The van der Waals surface area contributed by atoms with Crippen LogP contribution in [0.15, 0.2) is 66.7 Å². The Labute approximate surface area is 331 Å². The van der Waals surface area contributed by atoms with E-state index in [1.807, 2.05) is 0 Å². The van der Waals surface area contributed by atoms with Crippen LogP contribution in [0.2, 0.25) is 0 Å². The van der Waals surface area contributed by atoms with E-state index in [4.69, 9.17) is 14.2 Å². The van der Waals surface area contributed by atoms with Gasteiger partial charge in [-0.15, -0.1) is 0 Å². The number of nitrogens with zero attached hydrogens (tertiary/aromatic N) is 3. The predicted octanol–water partition coefficient (Wildman–Crippen LogP) is 1.34. The van der Waals surface area contributed by atoms with Crippen LogP contribution in [0, 0.1) is 0 Å². The maximum atomic E-state index is 14.7. The number of carbonyl (C=O) groups is 6. The molecule has 3 aromatic rings. The predicted molar refractivity (Wildman–Crippen MR) is 207 cm³/mol. The van der Waals surface area contributed by atoms with Crippen LogP contribution >= 0.6 is 0 Å². The number of hydrogen-bond donors (Lipinski definition) is 4. The number of nitrogens with one attached hydrogen (secondary N) is 3. The third-order valence-corrected chi connectivity index (χ3v) is 10.5. The summed E-state index contributed by atoms with van der Waals surface area (Å²) in [5, 5.41) is 19.8. The molecule has 3 aliphatic rings. The second-order valence-electron chi connectivity index (χ2n) is 14.4. The van der Waals surface area contributed by atoms with Crippen molar-refractivity contribution in [3.8, 4) is 23.0 Å². The number of methoxy groups -OCH3 is 2. The number of likely N-dealkylation sites (N-methyl/N-ethyl adjacent to an activating group) is 3. The minimum absolute atomic E-state index is 0.0283. The summed E-state index contributed by atoms with van der Waals surface area (Å²) in [6, 6.07) is 10.7. The molecule has 1 saturated heterocycles. The normalized spacial score (nSPS) is 25.4. The van der Waals surface area contributed by atoms with E-state index in [9.17, 15) is 33.9 Å². The molecule has 7 atom stereocenters. The summed E-state index contributed by atoms with van der Waals surface area (Å²) in [5.41, 5.74) is 1.50. The second kappa shape index (κ2) is 17.7. The van der Waals surface area contributed by atoms with Crippen molar-refractivity contribution in [3.63, 3.8) is 0 Å². The van der Waals surface area contributed by atoms with Gasteiger partial charge in [-0.05, 0) is 73.9 Å². The van der Waals surface area contributed by atoms with E-state index in [2.05, 4.69) is 16.0 Å². The molecule has 0 aliphatic carbocycles. The van der Waals surface area contributed by atoms with Crippen molar-refractivity contribution in [2.24, 2.45) is 0 Å². The number of rotatable bonds is 4. The van der Waals surface area contributed by atoms with Crippen LogP contribution in [0.1, 0.15) is 43.6 Å². The number of aliphatic hydroxyl groups is 1. The monoisotopic (exact) mass is 786 g/mol. The molecule has 16 nitrogen and oxygen atoms in total. The van der Waals surface area contributed by atoms with Gasteiger partial charge in [0, 0.05) is 34.0 Å². The first-order valence-corrected chi connectivity index (χ1v) is 18.5. The second-order valence-corrected chi connectivity index (χ2v) is 14.4. The Morgan fingerprint density at radius 1 is 0.684 bits per heavy atom. The number of fused-ring (bicyclic) bond motifs is 2. The molecule has 6 bridgehead atoms. The zero-order chi connectivity index (χ0) is 41.7. The number of hydrogen-bond acceptors (Lipinski definition) is 10. The average molecular weight is 787 g/mol. The Hall–Kier alpha value is -6.16. The average Bonchev–Trinajstić information content (AvgIpc) is 3.20. The lowest BCUT2D eigenvalue weighted by atomic mass is 9.96. The molecule has 4 N–H and O–H groups in total. The van der Waals surface area contributed by atoms with E-state index in [0.29, 0.717) is 28.4 Å². The fourth-order valence-corrected chi connectivity index (χ4v) is 6.92. The molecule has 3 aliphatic heterocycles. The molecule has 0 aromatic heterocycles. The van der Waals surface area contributed by atoms with Gasteiger partial charge >= 0.3 is 0 Å². The lowest BCUT2D eigenvalue weighted by Crippen LogP contribution is -2.62. The number of benzene rings is 3. The zero-order valence-corrected chi connectivity index (χ0v) is 33.3. The summed E-state index contributed by atoms with van der Waals surface area (Å²) < 4.78 is 16.9. The topological polar surface area (TPSA) is 196 Å². The summed E-state index contributed by atoms with van der Waals surface area (Å²) in [6.07, 6.45) is -1.65. The van der Waals surface area contributed by atoms with E-state index in [1.54, 1.807) is 54.6 Å². The van der Waals surface area contributed by atoms with Crippen LogP contribution in [-0.2, 0) is 41.6 Å². The Bertz CT molecular complexity index is 1990. The summed E-state index contributed by atoms with van der Waals surface area (Å²) >= 11 is 0. The maximum Gasteiger partial charge on any atom is 0.246 e. The minimum atomic E-state index is -1.67. The highest BCUT2D eigenvalue weighted by Crippen LogP contribution is 2.36. The molecule has 1 fully saturated rings.